The van der Waals surface area contributed by atoms with Crippen molar-refractivity contribution < 1.29 is 27.1 Å². The van der Waals surface area contributed by atoms with E-state index in [1.54, 1.807) is 0 Å². The fraction of sp³-hybridized carbons (Fsp3) is 0.600. The molecule has 0 aromatic heterocycles. The normalized spacial score (nSPS) is 17.7. The molecule has 0 aliphatic carbocycles. The SMILES string of the molecule is COC(=O)CCCCCCNC(=O)C1CCCN(S(=O)(=O)c2ccc(F)cc2)C1. The number of ether oxygens (including phenoxy) is 1. The van der Waals surface area contributed by atoms with E-state index in [4.69, 9.17) is 0 Å². The van der Waals surface area contributed by atoms with Crippen molar-refractivity contribution in [3.05, 3.63) is 30.1 Å². The Balaban J connectivity index is 1.76. The molecule has 1 fully saturated rings. The summed E-state index contributed by atoms with van der Waals surface area (Å²) in [7, 11) is -2.37. The van der Waals surface area contributed by atoms with E-state index in [1.165, 1.54) is 23.5 Å². The molecule has 29 heavy (non-hydrogen) atoms. The van der Waals surface area contributed by atoms with E-state index in [2.05, 4.69) is 10.1 Å². The van der Waals surface area contributed by atoms with Crippen molar-refractivity contribution in [2.75, 3.05) is 26.7 Å². The molecule has 1 unspecified atom stereocenters. The van der Waals surface area contributed by atoms with Crippen LogP contribution in [-0.2, 0) is 24.3 Å². The van der Waals surface area contributed by atoms with E-state index in [1.807, 2.05) is 0 Å². The van der Waals surface area contributed by atoms with Gasteiger partial charge in [0.05, 0.1) is 17.9 Å². The van der Waals surface area contributed by atoms with Crippen LogP contribution in [0.2, 0.25) is 0 Å². The number of hydrogen-bond acceptors (Lipinski definition) is 5. The number of piperidine rings is 1. The van der Waals surface area contributed by atoms with Crippen LogP contribution in [0.15, 0.2) is 29.2 Å². The minimum Gasteiger partial charge on any atom is -0.469 e. The Morgan fingerprint density at radius 2 is 1.86 bits per heavy atom. The number of carbonyl (C=O) groups excluding carboxylic acids is 2. The van der Waals surface area contributed by atoms with Gasteiger partial charge in [0.2, 0.25) is 15.9 Å². The lowest BCUT2D eigenvalue weighted by atomic mass is 9.99. The topological polar surface area (TPSA) is 92.8 Å². The second-order valence-corrected chi connectivity index (χ2v) is 9.13. The van der Waals surface area contributed by atoms with Gasteiger partial charge in [0.25, 0.3) is 0 Å². The fourth-order valence-corrected chi connectivity index (χ4v) is 4.86. The lowest BCUT2D eigenvalue weighted by Crippen LogP contribution is -2.45. The van der Waals surface area contributed by atoms with E-state index >= 15 is 0 Å². The third-order valence-corrected chi connectivity index (χ3v) is 6.92. The number of unbranched alkanes of at least 4 members (excludes halogenated alkanes) is 3. The maximum atomic E-state index is 13.1. The van der Waals surface area contributed by atoms with Crippen LogP contribution in [0.5, 0.6) is 0 Å². The molecule has 0 bridgehead atoms. The van der Waals surface area contributed by atoms with Crippen LogP contribution in [0.4, 0.5) is 4.39 Å². The minimum atomic E-state index is -3.74. The molecular formula is C20H29FN2O5S. The van der Waals surface area contributed by atoms with Gasteiger partial charge in [-0.25, -0.2) is 12.8 Å². The number of benzene rings is 1. The zero-order chi connectivity index (χ0) is 21.3. The molecule has 1 aromatic carbocycles. The molecular weight excluding hydrogens is 399 g/mol. The summed E-state index contributed by atoms with van der Waals surface area (Å²) in [6.07, 6.45) is 5.00. The van der Waals surface area contributed by atoms with E-state index in [-0.39, 0.29) is 23.3 Å². The molecule has 9 heteroatoms. The molecule has 7 nitrogen and oxygen atoms in total. The van der Waals surface area contributed by atoms with Crippen LogP contribution < -0.4 is 5.32 Å². The molecule has 1 saturated heterocycles. The number of nitrogens with one attached hydrogen (secondary N) is 1. The number of carbonyl (C=O) groups is 2. The van der Waals surface area contributed by atoms with Gasteiger partial charge in [0.15, 0.2) is 0 Å². The first-order chi connectivity index (χ1) is 13.8. The van der Waals surface area contributed by atoms with Gasteiger partial charge in [-0.2, -0.15) is 4.31 Å². The first-order valence-corrected chi connectivity index (χ1v) is 11.4. The van der Waals surface area contributed by atoms with Gasteiger partial charge in [-0.3, -0.25) is 9.59 Å². The van der Waals surface area contributed by atoms with Crippen LogP contribution in [0.3, 0.4) is 0 Å². The number of hydrogen-bond donors (Lipinski definition) is 1. The molecule has 1 heterocycles. The van der Waals surface area contributed by atoms with Crippen LogP contribution in [0.1, 0.15) is 44.9 Å². The zero-order valence-electron chi connectivity index (χ0n) is 16.7. The number of nitrogens with zero attached hydrogens (tertiary/aromatic N) is 1. The summed E-state index contributed by atoms with van der Waals surface area (Å²) in [5.41, 5.74) is 0. The molecule has 1 atom stereocenters. The highest BCUT2D eigenvalue weighted by molar-refractivity contribution is 7.89. The second-order valence-electron chi connectivity index (χ2n) is 7.19. The lowest BCUT2D eigenvalue weighted by molar-refractivity contribution is -0.140. The van der Waals surface area contributed by atoms with Gasteiger partial charge in [0.1, 0.15) is 5.82 Å². The van der Waals surface area contributed by atoms with E-state index in [0.717, 1.165) is 37.8 Å². The molecule has 0 saturated carbocycles. The van der Waals surface area contributed by atoms with Crippen molar-refractivity contribution in [2.24, 2.45) is 5.92 Å². The fourth-order valence-electron chi connectivity index (χ4n) is 3.34. The van der Waals surface area contributed by atoms with Crippen LogP contribution in [-0.4, -0.2) is 51.3 Å². The predicted molar refractivity (Wildman–Crippen MR) is 106 cm³/mol. The molecule has 1 aliphatic rings. The molecule has 0 radical (unpaired) electrons. The first-order valence-electron chi connectivity index (χ1n) is 9.95. The van der Waals surface area contributed by atoms with Gasteiger partial charge in [-0.05, 0) is 49.9 Å². The average Bonchev–Trinajstić information content (AvgIpc) is 2.73. The highest BCUT2D eigenvalue weighted by Gasteiger charge is 2.33. The summed E-state index contributed by atoms with van der Waals surface area (Å²) in [6.45, 7) is 1.01. The average molecular weight is 429 g/mol. The molecule has 1 aliphatic heterocycles. The molecule has 1 N–H and O–H groups in total. The third-order valence-electron chi connectivity index (χ3n) is 5.04. The van der Waals surface area contributed by atoms with E-state index in [0.29, 0.717) is 32.4 Å². The molecule has 162 valence electrons. The quantitative estimate of drug-likeness (QED) is 0.457. The molecule has 1 amide bonds. The monoisotopic (exact) mass is 428 g/mol. The largest absolute Gasteiger partial charge is 0.469 e. The molecule has 2 rings (SSSR count). The van der Waals surface area contributed by atoms with E-state index in [9.17, 15) is 22.4 Å². The van der Waals surface area contributed by atoms with Crippen molar-refractivity contribution in [3.8, 4) is 0 Å². The Kier molecular flexibility index (Phi) is 9.03. The van der Waals surface area contributed by atoms with Gasteiger partial charge in [-0.1, -0.05) is 12.8 Å². The number of esters is 1. The summed E-state index contributed by atoms with van der Waals surface area (Å²) in [5, 5.41) is 2.88. The highest BCUT2D eigenvalue weighted by atomic mass is 32.2. The predicted octanol–water partition coefficient (Wildman–Crippen LogP) is 2.47. The van der Waals surface area contributed by atoms with Crippen molar-refractivity contribution >= 4 is 21.9 Å². The zero-order valence-corrected chi connectivity index (χ0v) is 17.5. The summed E-state index contributed by atoms with van der Waals surface area (Å²) in [4.78, 5) is 23.5. The van der Waals surface area contributed by atoms with Gasteiger partial charge in [0, 0.05) is 26.1 Å². The third kappa shape index (κ3) is 7.08. The van der Waals surface area contributed by atoms with Gasteiger partial charge in [-0.15, -0.1) is 0 Å². The van der Waals surface area contributed by atoms with Crippen LogP contribution in [0, 0.1) is 11.7 Å². The summed E-state index contributed by atoms with van der Waals surface area (Å²) >= 11 is 0. The lowest BCUT2D eigenvalue weighted by Gasteiger charge is -2.31. The minimum absolute atomic E-state index is 0.0342. The number of sulfonamides is 1. The molecule has 0 spiro atoms. The Bertz CT molecular complexity index is 783. The number of rotatable bonds is 10. The van der Waals surface area contributed by atoms with Crippen molar-refractivity contribution in [1.29, 1.82) is 0 Å². The summed E-state index contributed by atoms with van der Waals surface area (Å²) in [6, 6.07) is 4.72. The highest BCUT2D eigenvalue weighted by Crippen LogP contribution is 2.24. The van der Waals surface area contributed by atoms with Crippen molar-refractivity contribution in [2.45, 2.75) is 49.8 Å². The van der Waals surface area contributed by atoms with Crippen molar-refractivity contribution in [3.63, 3.8) is 0 Å². The Morgan fingerprint density at radius 3 is 2.55 bits per heavy atom. The maximum absolute atomic E-state index is 13.1. The van der Waals surface area contributed by atoms with Crippen LogP contribution >= 0.6 is 0 Å². The number of methoxy groups -OCH3 is 1. The maximum Gasteiger partial charge on any atom is 0.305 e. The smallest absolute Gasteiger partial charge is 0.305 e. The van der Waals surface area contributed by atoms with E-state index < -0.39 is 21.8 Å². The Hall–Kier alpha value is -2.00. The first kappa shape index (κ1) is 23.3. The van der Waals surface area contributed by atoms with Gasteiger partial charge < -0.3 is 10.1 Å². The second kappa shape index (κ2) is 11.3. The van der Waals surface area contributed by atoms with Gasteiger partial charge >= 0.3 is 5.97 Å². The Labute approximate surface area is 171 Å². The molecule has 1 aromatic rings. The summed E-state index contributed by atoms with van der Waals surface area (Å²) in [5.74, 6) is -1.24. The van der Waals surface area contributed by atoms with Crippen LogP contribution in [0.25, 0.3) is 0 Å². The number of halogens is 1. The van der Waals surface area contributed by atoms with Crippen molar-refractivity contribution in [1.82, 2.24) is 9.62 Å². The summed E-state index contributed by atoms with van der Waals surface area (Å²) < 4.78 is 44.4. The standard InChI is InChI=1S/C20H29FN2O5S/c1-28-19(24)8-4-2-3-5-13-22-20(25)16-7-6-14-23(15-16)29(26,27)18-11-9-17(21)10-12-18/h9-12,16H,2-8,13-15H2,1H3,(H,22,25). The Morgan fingerprint density at radius 1 is 1.17 bits per heavy atom. The number of amides is 1.